The Morgan fingerprint density at radius 1 is 1.37 bits per heavy atom. The van der Waals surface area contributed by atoms with Crippen molar-refractivity contribution in [1.29, 1.82) is 0 Å². The van der Waals surface area contributed by atoms with Crippen LogP contribution in [0.5, 0.6) is 0 Å². The van der Waals surface area contributed by atoms with Gasteiger partial charge >= 0.3 is 0 Å². The Morgan fingerprint density at radius 2 is 2.16 bits per heavy atom. The lowest BCUT2D eigenvalue weighted by molar-refractivity contribution is -0.285. The number of aromatic nitrogens is 1. The maximum absolute atomic E-state index is 10.8. The van der Waals surface area contributed by atoms with Crippen molar-refractivity contribution in [3.05, 3.63) is 30.1 Å². The molecule has 0 saturated carbocycles. The SMILES string of the molecule is OC12ONC(c3ccccn3)C1N1CCC2CC1.[Cl-]. The van der Waals surface area contributed by atoms with E-state index in [-0.39, 0.29) is 30.4 Å². The van der Waals surface area contributed by atoms with Gasteiger partial charge in [0, 0.05) is 12.1 Å². The summed E-state index contributed by atoms with van der Waals surface area (Å²) in [4.78, 5) is 12.3. The van der Waals surface area contributed by atoms with Crippen LogP contribution in [0.25, 0.3) is 0 Å². The first-order valence-corrected chi connectivity index (χ1v) is 6.60. The maximum atomic E-state index is 10.8. The molecule has 0 aromatic carbocycles. The standard InChI is InChI=1S/C13H17N3O2.ClH/c17-13-9-4-7-16(8-5-9)12(13)11(15-18-13)10-3-1-2-6-14-10;/h1-3,6,9,11-12,15,17H,4-5,7-8H2;1H/p-1. The molecule has 6 heteroatoms. The molecule has 4 saturated heterocycles. The lowest BCUT2D eigenvalue weighted by Crippen LogP contribution is -3.00. The van der Waals surface area contributed by atoms with Crippen LogP contribution in [-0.4, -0.2) is 39.9 Å². The first-order chi connectivity index (χ1) is 8.79. The maximum Gasteiger partial charge on any atom is 0.205 e. The lowest BCUT2D eigenvalue weighted by atomic mass is 9.75. The number of aliphatic hydroxyl groups is 1. The fraction of sp³-hybridized carbons (Fsp3) is 0.615. The molecule has 0 radical (unpaired) electrons. The summed E-state index contributed by atoms with van der Waals surface area (Å²) in [6.45, 7) is 2.10. The predicted molar refractivity (Wildman–Crippen MR) is 64.2 cm³/mol. The fourth-order valence-electron chi connectivity index (χ4n) is 3.69. The van der Waals surface area contributed by atoms with Crippen molar-refractivity contribution in [2.24, 2.45) is 5.92 Å². The average molecular weight is 283 g/mol. The lowest BCUT2D eigenvalue weighted by Gasteiger charge is -2.51. The smallest absolute Gasteiger partial charge is 0.205 e. The fourth-order valence-corrected chi connectivity index (χ4v) is 3.69. The topological polar surface area (TPSA) is 57.6 Å². The molecule has 0 amide bonds. The van der Waals surface area contributed by atoms with Crippen LogP contribution in [0.3, 0.4) is 0 Å². The summed E-state index contributed by atoms with van der Waals surface area (Å²) in [5.41, 5.74) is 3.94. The Bertz CT molecular complexity index is 452. The minimum atomic E-state index is -1.04. The molecule has 3 atom stereocenters. The van der Waals surface area contributed by atoms with Crippen LogP contribution in [-0.2, 0) is 4.84 Å². The summed E-state index contributed by atoms with van der Waals surface area (Å²) in [6.07, 6.45) is 3.82. The summed E-state index contributed by atoms with van der Waals surface area (Å²) >= 11 is 0. The van der Waals surface area contributed by atoms with Crippen molar-refractivity contribution in [3.63, 3.8) is 0 Å². The number of fused-ring (bicyclic) bond motifs is 2. The van der Waals surface area contributed by atoms with E-state index in [0.717, 1.165) is 31.6 Å². The Hall–Kier alpha value is -0.720. The van der Waals surface area contributed by atoms with Crippen molar-refractivity contribution < 1.29 is 22.4 Å². The van der Waals surface area contributed by atoms with Crippen molar-refractivity contribution in [1.82, 2.24) is 15.4 Å². The average Bonchev–Trinajstić information content (AvgIpc) is 2.81. The highest BCUT2D eigenvalue weighted by atomic mass is 35.5. The van der Waals surface area contributed by atoms with Crippen LogP contribution in [0.15, 0.2) is 24.4 Å². The predicted octanol–water partition coefficient (Wildman–Crippen LogP) is -2.56. The molecule has 5 nitrogen and oxygen atoms in total. The highest BCUT2D eigenvalue weighted by Gasteiger charge is 2.61. The van der Waals surface area contributed by atoms with Gasteiger partial charge in [0.05, 0.1) is 17.8 Å². The summed E-state index contributed by atoms with van der Waals surface area (Å²) < 4.78 is 0. The van der Waals surface area contributed by atoms with Gasteiger partial charge in [0.25, 0.3) is 0 Å². The minimum absolute atomic E-state index is 0. The van der Waals surface area contributed by atoms with E-state index in [1.165, 1.54) is 0 Å². The van der Waals surface area contributed by atoms with E-state index in [0.29, 0.717) is 0 Å². The zero-order chi connectivity index (χ0) is 12.2. The molecule has 2 bridgehead atoms. The van der Waals surface area contributed by atoms with Crippen molar-refractivity contribution in [2.75, 3.05) is 13.1 Å². The molecule has 5 rings (SSSR count). The summed E-state index contributed by atoms with van der Waals surface area (Å²) in [5.74, 6) is -0.799. The van der Waals surface area contributed by atoms with Crippen molar-refractivity contribution >= 4 is 0 Å². The van der Waals surface area contributed by atoms with E-state index < -0.39 is 5.79 Å². The number of hydrogen-bond acceptors (Lipinski definition) is 5. The minimum Gasteiger partial charge on any atom is -1.00 e. The first kappa shape index (κ1) is 13.3. The van der Waals surface area contributed by atoms with Gasteiger partial charge in [-0.1, -0.05) is 6.07 Å². The zero-order valence-electron chi connectivity index (χ0n) is 10.5. The molecule has 1 aromatic heterocycles. The first-order valence-electron chi connectivity index (χ1n) is 6.60. The number of pyridine rings is 1. The molecular weight excluding hydrogens is 266 g/mol. The van der Waals surface area contributed by atoms with Gasteiger partial charge in [0.1, 0.15) is 0 Å². The molecule has 4 fully saturated rings. The van der Waals surface area contributed by atoms with Crippen LogP contribution in [0.1, 0.15) is 24.6 Å². The second-order valence-electron chi connectivity index (χ2n) is 5.46. The Balaban J connectivity index is 0.00000110. The van der Waals surface area contributed by atoms with E-state index in [2.05, 4.69) is 15.4 Å². The van der Waals surface area contributed by atoms with E-state index in [1.54, 1.807) is 6.20 Å². The number of nitrogens with one attached hydrogen (secondary N) is 1. The van der Waals surface area contributed by atoms with Crippen LogP contribution in [0, 0.1) is 5.92 Å². The van der Waals surface area contributed by atoms with Crippen molar-refractivity contribution in [3.8, 4) is 0 Å². The highest BCUT2D eigenvalue weighted by Crippen LogP contribution is 2.48. The molecule has 5 heterocycles. The molecule has 3 unspecified atom stereocenters. The summed E-state index contributed by atoms with van der Waals surface area (Å²) in [6, 6.07) is 5.80. The molecule has 4 aliphatic heterocycles. The normalized spacial score (nSPS) is 43.6. The molecule has 2 N–H and O–H groups in total. The van der Waals surface area contributed by atoms with Crippen LogP contribution >= 0.6 is 0 Å². The van der Waals surface area contributed by atoms with Crippen LogP contribution in [0.2, 0.25) is 0 Å². The quantitative estimate of drug-likeness (QED) is 0.594. The number of nitrogens with zero attached hydrogens (tertiary/aromatic N) is 2. The zero-order valence-corrected chi connectivity index (χ0v) is 11.3. The molecular formula is C13H17ClN3O2-. The van der Waals surface area contributed by atoms with Crippen molar-refractivity contribution in [2.45, 2.75) is 30.7 Å². The van der Waals surface area contributed by atoms with E-state index in [4.69, 9.17) is 4.84 Å². The Kier molecular flexibility index (Phi) is 3.27. The third-order valence-electron chi connectivity index (χ3n) is 4.60. The van der Waals surface area contributed by atoms with Gasteiger partial charge in [0.2, 0.25) is 5.79 Å². The number of hydroxylamine groups is 1. The Morgan fingerprint density at radius 3 is 2.84 bits per heavy atom. The third kappa shape index (κ3) is 1.80. The molecule has 1 aromatic rings. The van der Waals surface area contributed by atoms with Crippen LogP contribution < -0.4 is 17.9 Å². The van der Waals surface area contributed by atoms with Gasteiger partial charge < -0.3 is 17.5 Å². The number of rotatable bonds is 1. The van der Waals surface area contributed by atoms with Gasteiger partial charge in [-0.05, 0) is 38.1 Å². The van der Waals surface area contributed by atoms with E-state index >= 15 is 0 Å². The molecule has 4 aliphatic rings. The van der Waals surface area contributed by atoms with Gasteiger partial charge in [-0.25, -0.2) is 0 Å². The molecule has 0 aliphatic carbocycles. The number of halogens is 1. The highest BCUT2D eigenvalue weighted by molar-refractivity contribution is 5.18. The molecule has 0 spiro atoms. The van der Waals surface area contributed by atoms with Gasteiger partial charge in [-0.2, -0.15) is 5.48 Å². The molecule has 19 heavy (non-hydrogen) atoms. The van der Waals surface area contributed by atoms with Gasteiger partial charge in [0.15, 0.2) is 0 Å². The second kappa shape index (κ2) is 4.68. The Labute approximate surface area is 118 Å². The van der Waals surface area contributed by atoms with E-state index in [9.17, 15) is 5.11 Å². The third-order valence-corrected chi connectivity index (χ3v) is 4.60. The molecule has 104 valence electrons. The number of hydrogen-bond donors (Lipinski definition) is 2. The van der Waals surface area contributed by atoms with Gasteiger partial charge in [-0.3, -0.25) is 14.7 Å². The van der Waals surface area contributed by atoms with E-state index in [1.807, 2.05) is 18.2 Å². The monoisotopic (exact) mass is 282 g/mol. The van der Waals surface area contributed by atoms with Gasteiger partial charge in [-0.15, -0.1) is 0 Å². The summed E-state index contributed by atoms with van der Waals surface area (Å²) in [5, 5.41) is 10.8. The second-order valence-corrected chi connectivity index (χ2v) is 5.46. The number of piperidine rings is 3. The summed E-state index contributed by atoms with van der Waals surface area (Å²) in [7, 11) is 0. The largest absolute Gasteiger partial charge is 1.00 e. The van der Waals surface area contributed by atoms with Crippen LogP contribution in [0.4, 0.5) is 0 Å².